The largest absolute Gasteiger partial charge is 0.549 e. The summed E-state index contributed by atoms with van der Waals surface area (Å²) in [4.78, 5) is 21.6. The van der Waals surface area contributed by atoms with E-state index in [1.807, 2.05) is 0 Å². The third-order valence-corrected chi connectivity index (χ3v) is 3.83. The molecular weight excluding hydrogens is 272 g/mol. The van der Waals surface area contributed by atoms with Crippen LogP contribution in [-0.4, -0.2) is 33.0 Å². The van der Waals surface area contributed by atoms with Gasteiger partial charge in [-0.25, -0.2) is 8.42 Å². The third-order valence-electron chi connectivity index (χ3n) is 2.40. The molecule has 0 unspecified atom stereocenters. The summed E-state index contributed by atoms with van der Waals surface area (Å²) < 4.78 is 28.2. The normalized spacial score (nSPS) is 11.1. The Morgan fingerprint density at radius 2 is 1.95 bits per heavy atom. The molecule has 0 fully saturated rings. The lowest BCUT2D eigenvalue weighted by atomic mass is 10.1. The minimum Gasteiger partial charge on any atom is -0.549 e. The zero-order chi connectivity index (χ0) is 14.6. The van der Waals surface area contributed by atoms with Crippen molar-refractivity contribution in [3.05, 3.63) is 29.3 Å². The zero-order valence-electron chi connectivity index (χ0n) is 10.5. The van der Waals surface area contributed by atoms with Crippen molar-refractivity contribution in [1.82, 2.24) is 0 Å². The van der Waals surface area contributed by atoms with Gasteiger partial charge in [-0.15, -0.1) is 0 Å². The molecule has 6 nitrogen and oxygen atoms in total. The lowest BCUT2D eigenvalue weighted by Crippen LogP contribution is -2.31. The summed E-state index contributed by atoms with van der Waals surface area (Å²) in [6.45, 7) is 1.35. The standard InChI is InChI=1S/C12H14O6S/c1-8(13)9-3-4-11(18-2)10(5-9)6-19(16,17)7-12(14)15/h3-5H,6-7H2,1-2H3,(H,14,15)/p-1. The summed E-state index contributed by atoms with van der Waals surface area (Å²) in [6.07, 6.45) is 0. The smallest absolute Gasteiger partial charge is 0.159 e. The number of methoxy groups -OCH3 is 1. The molecule has 19 heavy (non-hydrogen) atoms. The number of aliphatic carboxylic acids is 1. The number of rotatable bonds is 6. The van der Waals surface area contributed by atoms with Crippen molar-refractivity contribution in [2.75, 3.05) is 12.9 Å². The maximum absolute atomic E-state index is 11.6. The lowest BCUT2D eigenvalue weighted by Gasteiger charge is -2.11. The second-order valence-electron chi connectivity index (χ2n) is 3.99. The first kappa shape index (κ1) is 15.2. The van der Waals surface area contributed by atoms with Crippen LogP contribution in [0.15, 0.2) is 18.2 Å². The van der Waals surface area contributed by atoms with Gasteiger partial charge in [0.1, 0.15) is 5.75 Å². The summed E-state index contributed by atoms with van der Waals surface area (Å²) in [6, 6.07) is 4.37. The summed E-state index contributed by atoms with van der Waals surface area (Å²) in [5, 5.41) is 10.4. The van der Waals surface area contributed by atoms with Crippen molar-refractivity contribution >= 4 is 21.6 Å². The SMILES string of the molecule is COc1ccc(C(C)=O)cc1CS(=O)(=O)CC(=O)[O-]. The summed E-state index contributed by atoms with van der Waals surface area (Å²) in [7, 11) is -2.50. The molecule has 1 aromatic carbocycles. The monoisotopic (exact) mass is 285 g/mol. The number of carbonyl (C=O) groups is 2. The Morgan fingerprint density at radius 3 is 2.42 bits per heavy atom. The van der Waals surface area contributed by atoms with Crippen LogP contribution < -0.4 is 9.84 Å². The van der Waals surface area contributed by atoms with E-state index in [2.05, 4.69) is 0 Å². The molecule has 0 spiro atoms. The summed E-state index contributed by atoms with van der Waals surface area (Å²) >= 11 is 0. The Kier molecular flexibility index (Phi) is 4.66. The molecular formula is C12H13O6S-. The van der Waals surface area contributed by atoms with Gasteiger partial charge in [0.25, 0.3) is 0 Å². The first-order chi connectivity index (χ1) is 8.75. The topological polar surface area (TPSA) is 101 Å². The molecule has 0 aliphatic carbocycles. The average molecular weight is 285 g/mol. The van der Waals surface area contributed by atoms with Crippen LogP contribution in [0.4, 0.5) is 0 Å². The van der Waals surface area contributed by atoms with Gasteiger partial charge in [0, 0.05) is 11.1 Å². The fourth-order valence-corrected chi connectivity index (χ4v) is 2.74. The molecule has 1 aromatic rings. The summed E-state index contributed by atoms with van der Waals surface area (Å²) in [5.74, 6) is -3.19. The minimum absolute atomic E-state index is 0.221. The highest BCUT2D eigenvalue weighted by atomic mass is 32.2. The number of carboxylic acids is 1. The quantitative estimate of drug-likeness (QED) is 0.657. The predicted molar refractivity (Wildman–Crippen MR) is 65.5 cm³/mol. The highest BCUT2D eigenvalue weighted by Crippen LogP contribution is 2.22. The van der Waals surface area contributed by atoms with Crippen molar-refractivity contribution in [1.29, 1.82) is 0 Å². The van der Waals surface area contributed by atoms with Crippen molar-refractivity contribution < 1.29 is 27.9 Å². The number of hydrogen-bond donors (Lipinski definition) is 0. The second kappa shape index (κ2) is 5.83. The molecule has 0 saturated carbocycles. The van der Waals surface area contributed by atoms with E-state index in [9.17, 15) is 23.1 Å². The number of hydrogen-bond acceptors (Lipinski definition) is 6. The van der Waals surface area contributed by atoms with Crippen LogP contribution in [0.1, 0.15) is 22.8 Å². The van der Waals surface area contributed by atoms with Gasteiger partial charge in [-0.2, -0.15) is 0 Å². The molecule has 0 atom stereocenters. The summed E-state index contributed by atoms with van der Waals surface area (Å²) in [5.41, 5.74) is 0.580. The Labute approximate surface area is 110 Å². The molecule has 0 heterocycles. The van der Waals surface area contributed by atoms with E-state index in [1.54, 1.807) is 0 Å². The van der Waals surface area contributed by atoms with Gasteiger partial charge in [-0.3, -0.25) is 4.79 Å². The van der Waals surface area contributed by atoms with Crippen LogP contribution in [0.5, 0.6) is 5.75 Å². The molecule has 0 N–H and O–H groups in total. The highest BCUT2D eigenvalue weighted by Gasteiger charge is 2.17. The van der Waals surface area contributed by atoms with E-state index in [0.29, 0.717) is 5.56 Å². The van der Waals surface area contributed by atoms with Crippen LogP contribution in [0.3, 0.4) is 0 Å². The number of benzene rings is 1. The Morgan fingerprint density at radius 1 is 1.32 bits per heavy atom. The van der Waals surface area contributed by atoms with Gasteiger partial charge in [-0.05, 0) is 25.1 Å². The van der Waals surface area contributed by atoms with Crippen LogP contribution >= 0.6 is 0 Å². The number of sulfone groups is 1. The molecule has 0 bridgehead atoms. The van der Waals surface area contributed by atoms with Gasteiger partial charge in [0.2, 0.25) is 0 Å². The Hall–Kier alpha value is -1.89. The van der Waals surface area contributed by atoms with Gasteiger partial charge in [0.05, 0.1) is 24.6 Å². The molecule has 0 aromatic heterocycles. The van der Waals surface area contributed by atoms with Crippen molar-refractivity contribution in [3.63, 3.8) is 0 Å². The van der Waals surface area contributed by atoms with Gasteiger partial charge >= 0.3 is 0 Å². The average Bonchev–Trinajstić information content (AvgIpc) is 2.26. The maximum Gasteiger partial charge on any atom is 0.159 e. The van der Waals surface area contributed by atoms with Gasteiger partial charge in [0.15, 0.2) is 15.6 Å². The van der Waals surface area contributed by atoms with Gasteiger partial charge in [-0.1, -0.05) is 0 Å². The van der Waals surface area contributed by atoms with E-state index < -0.39 is 27.3 Å². The van der Waals surface area contributed by atoms with E-state index >= 15 is 0 Å². The van der Waals surface area contributed by atoms with E-state index in [1.165, 1.54) is 32.2 Å². The van der Waals surface area contributed by atoms with Crippen molar-refractivity contribution in [3.8, 4) is 5.75 Å². The molecule has 0 aliphatic heterocycles. The van der Waals surface area contributed by atoms with E-state index in [4.69, 9.17) is 4.74 Å². The molecule has 0 aliphatic rings. The zero-order valence-corrected chi connectivity index (χ0v) is 11.3. The van der Waals surface area contributed by atoms with Crippen LogP contribution in [0.2, 0.25) is 0 Å². The predicted octanol–water partition coefficient (Wildman–Crippen LogP) is -0.438. The molecule has 0 amide bonds. The number of Topliss-reactive ketones (excluding diaryl/α,β-unsaturated/α-hetero) is 1. The van der Waals surface area contributed by atoms with Gasteiger partial charge < -0.3 is 14.6 Å². The van der Waals surface area contributed by atoms with E-state index in [0.717, 1.165) is 0 Å². The Balaban J connectivity index is 3.14. The fourth-order valence-electron chi connectivity index (χ4n) is 1.58. The van der Waals surface area contributed by atoms with Crippen LogP contribution in [0, 0.1) is 0 Å². The number of ether oxygens (including phenoxy) is 1. The number of carboxylic acid groups (broad SMARTS) is 1. The lowest BCUT2D eigenvalue weighted by molar-refractivity contribution is -0.301. The van der Waals surface area contributed by atoms with Crippen LogP contribution in [0.25, 0.3) is 0 Å². The first-order valence-electron chi connectivity index (χ1n) is 5.33. The third kappa shape index (κ3) is 4.36. The van der Waals surface area contributed by atoms with Crippen LogP contribution in [-0.2, 0) is 20.4 Å². The minimum atomic E-state index is -3.86. The maximum atomic E-state index is 11.6. The van der Waals surface area contributed by atoms with E-state index in [-0.39, 0.29) is 17.1 Å². The second-order valence-corrected chi connectivity index (χ2v) is 6.05. The van der Waals surface area contributed by atoms with Crippen molar-refractivity contribution in [2.45, 2.75) is 12.7 Å². The van der Waals surface area contributed by atoms with Crippen molar-refractivity contribution in [2.24, 2.45) is 0 Å². The molecule has 0 saturated heterocycles. The molecule has 0 radical (unpaired) electrons. The Bertz CT molecular complexity index is 603. The highest BCUT2D eigenvalue weighted by molar-refractivity contribution is 7.91. The fraction of sp³-hybridized carbons (Fsp3) is 0.333. The molecule has 104 valence electrons. The number of ketones is 1. The molecule has 7 heteroatoms. The first-order valence-corrected chi connectivity index (χ1v) is 7.15. The number of carbonyl (C=O) groups excluding carboxylic acids is 2. The molecule has 1 rings (SSSR count).